The second-order valence-corrected chi connectivity index (χ2v) is 4.21. The molecule has 0 aliphatic carbocycles. The molecule has 0 bridgehead atoms. The van der Waals surface area contributed by atoms with Crippen molar-refractivity contribution in [3.8, 4) is 11.4 Å². The molecule has 0 amide bonds. The highest BCUT2D eigenvalue weighted by molar-refractivity contribution is 5.94. The maximum absolute atomic E-state index is 4.43. The molecular formula is C14H15N3. The number of aromatic nitrogens is 3. The van der Waals surface area contributed by atoms with Gasteiger partial charge in [0.05, 0.1) is 0 Å². The molecule has 0 N–H and O–H groups in total. The van der Waals surface area contributed by atoms with Crippen LogP contribution in [0.2, 0.25) is 0 Å². The molecule has 0 saturated carbocycles. The van der Waals surface area contributed by atoms with Crippen molar-refractivity contribution in [2.45, 2.75) is 13.5 Å². The zero-order valence-electron chi connectivity index (χ0n) is 10.1. The lowest BCUT2D eigenvalue weighted by molar-refractivity contribution is 0.797. The molecule has 0 saturated heterocycles. The summed E-state index contributed by atoms with van der Waals surface area (Å²) in [4.78, 5) is 4.43. The van der Waals surface area contributed by atoms with Crippen LogP contribution in [0.5, 0.6) is 0 Å². The summed E-state index contributed by atoms with van der Waals surface area (Å²) >= 11 is 0. The van der Waals surface area contributed by atoms with Gasteiger partial charge in [0, 0.05) is 48.6 Å². The number of benzene rings is 1. The van der Waals surface area contributed by atoms with Gasteiger partial charge in [0.15, 0.2) is 0 Å². The molecule has 3 heteroatoms. The van der Waals surface area contributed by atoms with Crippen LogP contribution in [0, 0.1) is 0 Å². The second-order valence-electron chi connectivity index (χ2n) is 4.21. The quantitative estimate of drug-likeness (QED) is 0.657. The van der Waals surface area contributed by atoms with Gasteiger partial charge in [-0.05, 0) is 13.0 Å². The molecule has 0 aliphatic rings. The summed E-state index contributed by atoms with van der Waals surface area (Å²) in [7, 11) is 2.03. The first kappa shape index (κ1) is 10.1. The van der Waals surface area contributed by atoms with Crippen LogP contribution in [0.4, 0.5) is 0 Å². The van der Waals surface area contributed by atoms with Gasteiger partial charge in [-0.2, -0.15) is 0 Å². The number of nitrogens with zero attached hydrogens (tertiary/aromatic N) is 3. The fourth-order valence-electron chi connectivity index (χ4n) is 2.31. The molecule has 2 aromatic heterocycles. The number of hydrogen-bond acceptors (Lipinski definition) is 1. The summed E-state index contributed by atoms with van der Waals surface area (Å²) in [6.45, 7) is 3.14. The Morgan fingerprint density at radius 3 is 2.76 bits per heavy atom. The van der Waals surface area contributed by atoms with E-state index in [-0.39, 0.29) is 0 Å². The van der Waals surface area contributed by atoms with E-state index in [1.165, 1.54) is 16.5 Å². The van der Waals surface area contributed by atoms with Crippen LogP contribution in [0.15, 0.2) is 42.9 Å². The van der Waals surface area contributed by atoms with Crippen molar-refractivity contribution in [3.63, 3.8) is 0 Å². The number of imidazole rings is 1. The maximum Gasteiger partial charge on any atom is 0.141 e. The lowest BCUT2D eigenvalue weighted by Gasteiger charge is -1.98. The third-order valence-corrected chi connectivity index (χ3v) is 3.19. The van der Waals surface area contributed by atoms with Gasteiger partial charge in [0.2, 0.25) is 0 Å². The van der Waals surface area contributed by atoms with Crippen molar-refractivity contribution >= 4 is 10.9 Å². The standard InChI is InChI=1S/C14H15N3/c1-3-17-10-12(14-15-8-9-16(14)2)11-6-4-5-7-13(11)17/h4-10H,3H2,1-2H3. The van der Waals surface area contributed by atoms with E-state index in [1.54, 1.807) is 0 Å². The van der Waals surface area contributed by atoms with Crippen molar-refractivity contribution in [1.82, 2.24) is 14.1 Å². The number of hydrogen-bond donors (Lipinski definition) is 0. The summed E-state index contributed by atoms with van der Waals surface area (Å²) in [6.07, 6.45) is 6.01. The molecule has 0 aliphatic heterocycles. The van der Waals surface area contributed by atoms with Crippen LogP contribution < -0.4 is 0 Å². The molecular weight excluding hydrogens is 210 g/mol. The fraction of sp³-hybridized carbons (Fsp3) is 0.214. The fourth-order valence-corrected chi connectivity index (χ4v) is 2.31. The van der Waals surface area contributed by atoms with Crippen LogP contribution in [0.1, 0.15) is 6.92 Å². The van der Waals surface area contributed by atoms with Gasteiger partial charge in [0.25, 0.3) is 0 Å². The van der Waals surface area contributed by atoms with Crippen molar-refractivity contribution in [3.05, 3.63) is 42.9 Å². The Kier molecular flexibility index (Phi) is 2.25. The number of fused-ring (bicyclic) bond motifs is 1. The van der Waals surface area contributed by atoms with E-state index in [2.05, 4.69) is 51.5 Å². The molecule has 0 fully saturated rings. The minimum absolute atomic E-state index is 0.977. The van der Waals surface area contributed by atoms with E-state index in [1.807, 2.05) is 19.4 Å². The molecule has 0 spiro atoms. The van der Waals surface area contributed by atoms with Gasteiger partial charge in [-0.1, -0.05) is 18.2 Å². The molecule has 0 unspecified atom stereocenters. The molecule has 1 aromatic carbocycles. The van der Waals surface area contributed by atoms with Crippen LogP contribution >= 0.6 is 0 Å². The van der Waals surface area contributed by atoms with Crippen LogP contribution in [-0.4, -0.2) is 14.1 Å². The molecule has 3 rings (SSSR count). The summed E-state index contributed by atoms with van der Waals surface area (Å²) in [5.41, 5.74) is 2.47. The first-order valence-electron chi connectivity index (χ1n) is 5.87. The Hall–Kier alpha value is -2.03. The highest BCUT2D eigenvalue weighted by atomic mass is 15.0. The molecule has 0 atom stereocenters. The second kappa shape index (κ2) is 3.77. The van der Waals surface area contributed by atoms with Crippen molar-refractivity contribution < 1.29 is 0 Å². The average molecular weight is 225 g/mol. The summed E-state index contributed by atoms with van der Waals surface area (Å²) < 4.78 is 4.32. The lowest BCUT2D eigenvalue weighted by Crippen LogP contribution is -1.91. The third kappa shape index (κ3) is 1.46. The molecule has 2 heterocycles. The van der Waals surface area contributed by atoms with E-state index >= 15 is 0 Å². The van der Waals surface area contributed by atoms with E-state index in [0.717, 1.165) is 12.4 Å². The normalized spacial score (nSPS) is 11.2. The minimum Gasteiger partial charge on any atom is -0.347 e. The van der Waals surface area contributed by atoms with Crippen molar-refractivity contribution in [2.24, 2.45) is 7.05 Å². The van der Waals surface area contributed by atoms with Crippen molar-refractivity contribution in [1.29, 1.82) is 0 Å². The largest absolute Gasteiger partial charge is 0.347 e. The smallest absolute Gasteiger partial charge is 0.141 e. The molecule has 0 radical (unpaired) electrons. The summed E-state index contributed by atoms with van der Waals surface area (Å²) in [5.74, 6) is 1.02. The van der Waals surface area contributed by atoms with E-state index in [9.17, 15) is 0 Å². The van der Waals surface area contributed by atoms with Gasteiger partial charge in [0.1, 0.15) is 5.82 Å². The van der Waals surface area contributed by atoms with E-state index in [4.69, 9.17) is 0 Å². The van der Waals surface area contributed by atoms with E-state index in [0.29, 0.717) is 0 Å². The zero-order chi connectivity index (χ0) is 11.8. The molecule has 3 aromatic rings. The Balaban J connectivity index is 2.34. The molecule has 3 nitrogen and oxygen atoms in total. The van der Waals surface area contributed by atoms with Gasteiger partial charge in [-0.15, -0.1) is 0 Å². The van der Waals surface area contributed by atoms with Crippen LogP contribution in [-0.2, 0) is 13.6 Å². The summed E-state index contributed by atoms with van der Waals surface area (Å²) in [5, 5.41) is 1.27. The van der Waals surface area contributed by atoms with Gasteiger partial charge < -0.3 is 9.13 Å². The Labute approximate surface area is 100 Å². The van der Waals surface area contributed by atoms with Crippen LogP contribution in [0.25, 0.3) is 22.3 Å². The number of aryl methyl sites for hydroxylation is 2. The molecule has 86 valence electrons. The number of rotatable bonds is 2. The predicted molar refractivity (Wildman–Crippen MR) is 69.8 cm³/mol. The zero-order valence-corrected chi connectivity index (χ0v) is 10.1. The lowest BCUT2D eigenvalue weighted by atomic mass is 10.1. The maximum atomic E-state index is 4.43. The highest BCUT2D eigenvalue weighted by Gasteiger charge is 2.11. The highest BCUT2D eigenvalue weighted by Crippen LogP contribution is 2.29. The third-order valence-electron chi connectivity index (χ3n) is 3.19. The van der Waals surface area contributed by atoms with Crippen molar-refractivity contribution in [2.75, 3.05) is 0 Å². The topological polar surface area (TPSA) is 22.8 Å². The van der Waals surface area contributed by atoms with Gasteiger partial charge in [-0.3, -0.25) is 0 Å². The monoisotopic (exact) mass is 225 g/mol. The number of para-hydroxylation sites is 1. The first-order chi connectivity index (χ1) is 8.31. The SMILES string of the molecule is CCn1cc(-c2nccn2C)c2ccccc21. The van der Waals surface area contributed by atoms with Crippen LogP contribution in [0.3, 0.4) is 0 Å². The van der Waals surface area contributed by atoms with Gasteiger partial charge in [-0.25, -0.2) is 4.98 Å². The van der Waals surface area contributed by atoms with E-state index < -0.39 is 0 Å². The Bertz CT molecular complexity index is 661. The summed E-state index contributed by atoms with van der Waals surface area (Å²) in [6, 6.07) is 8.47. The predicted octanol–water partition coefficient (Wildman–Crippen LogP) is 3.06. The minimum atomic E-state index is 0.977. The first-order valence-corrected chi connectivity index (χ1v) is 5.87. The Morgan fingerprint density at radius 1 is 1.24 bits per heavy atom. The average Bonchev–Trinajstić information content (AvgIpc) is 2.92. The Morgan fingerprint density at radius 2 is 2.06 bits per heavy atom. The molecule has 17 heavy (non-hydrogen) atoms. The van der Waals surface area contributed by atoms with Gasteiger partial charge >= 0.3 is 0 Å².